The van der Waals surface area contributed by atoms with E-state index in [-0.39, 0.29) is 29.7 Å². The normalized spacial score (nSPS) is 10.1. The summed E-state index contributed by atoms with van der Waals surface area (Å²) in [5, 5.41) is 8.42. The Kier molecular flexibility index (Phi) is 3.33. The van der Waals surface area contributed by atoms with E-state index in [1.807, 2.05) is 0 Å². The summed E-state index contributed by atoms with van der Waals surface area (Å²) in [4.78, 5) is 0. The highest BCUT2D eigenvalue weighted by Crippen LogP contribution is 2.27. The van der Waals surface area contributed by atoms with Gasteiger partial charge in [-0.05, 0) is 0 Å². The molecule has 13 heavy (non-hydrogen) atoms. The van der Waals surface area contributed by atoms with Crippen molar-refractivity contribution in [3.8, 4) is 5.75 Å². The van der Waals surface area contributed by atoms with Crippen molar-refractivity contribution in [3.05, 3.63) is 23.0 Å². The fourth-order valence-electron chi connectivity index (χ4n) is 0.825. The average molecular weight is 206 g/mol. The number of benzene rings is 1. The quantitative estimate of drug-likeness (QED) is 0.734. The van der Waals surface area contributed by atoms with Gasteiger partial charge in [-0.2, -0.15) is 0 Å². The van der Waals surface area contributed by atoms with Gasteiger partial charge in [-0.3, -0.25) is 0 Å². The summed E-state index contributed by atoms with van der Waals surface area (Å²) in [6.07, 6.45) is 0. The molecule has 72 valence electrons. The van der Waals surface area contributed by atoms with Crippen LogP contribution in [0.1, 0.15) is 0 Å². The fourth-order valence-corrected chi connectivity index (χ4v) is 0.978. The Morgan fingerprint density at radius 1 is 1.54 bits per heavy atom. The first-order valence-corrected chi connectivity index (χ1v) is 4.01. The third-order valence-electron chi connectivity index (χ3n) is 1.40. The van der Waals surface area contributed by atoms with Crippen LogP contribution in [0.3, 0.4) is 0 Å². The summed E-state index contributed by atoms with van der Waals surface area (Å²) in [6, 6.07) is 2.36. The van der Waals surface area contributed by atoms with Gasteiger partial charge in [0.25, 0.3) is 0 Å². The Morgan fingerprint density at radius 2 is 2.23 bits per heavy atom. The number of halogens is 2. The lowest BCUT2D eigenvalue weighted by Crippen LogP contribution is -2.04. The van der Waals surface area contributed by atoms with Crippen LogP contribution in [0.5, 0.6) is 5.75 Å². The number of hydrogen-bond acceptors (Lipinski definition) is 3. The van der Waals surface area contributed by atoms with Crippen molar-refractivity contribution in [1.82, 2.24) is 0 Å². The van der Waals surface area contributed by atoms with E-state index in [9.17, 15) is 4.39 Å². The molecule has 0 fully saturated rings. The number of nitrogen functional groups attached to an aromatic ring is 1. The van der Waals surface area contributed by atoms with Crippen molar-refractivity contribution >= 4 is 17.3 Å². The zero-order valence-electron chi connectivity index (χ0n) is 6.76. The first kappa shape index (κ1) is 10.1. The van der Waals surface area contributed by atoms with Gasteiger partial charge in [0.15, 0.2) is 0 Å². The molecule has 0 saturated carbocycles. The highest BCUT2D eigenvalue weighted by Gasteiger charge is 2.06. The van der Waals surface area contributed by atoms with Gasteiger partial charge >= 0.3 is 0 Å². The van der Waals surface area contributed by atoms with Crippen molar-refractivity contribution in [1.29, 1.82) is 0 Å². The molecule has 0 aliphatic rings. The first-order chi connectivity index (χ1) is 6.15. The van der Waals surface area contributed by atoms with Crippen molar-refractivity contribution < 1.29 is 14.2 Å². The molecular weight excluding hydrogens is 197 g/mol. The van der Waals surface area contributed by atoms with E-state index < -0.39 is 5.82 Å². The van der Waals surface area contributed by atoms with E-state index in [0.717, 1.165) is 6.07 Å². The molecule has 0 aromatic heterocycles. The molecule has 1 rings (SSSR count). The maximum atomic E-state index is 12.8. The van der Waals surface area contributed by atoms with E-state index in [4.69, 9.17) is 27.2 Å². The second kappa shape index (κ2) is 4.30. The molecule has 0 aliphatic carbocycles. The Bertz CT molecular complexity index is 306. The van der Waals surface area contributed by atoms with Crippen LogP contribution in [0.25, 0.3) is 0 Å². The molecule has 0 radical (unpaired) electrons. The summed E-state index contributed by atoms with van der Waals surface area (Å²) in [5.74, 6) is -0.309. The maximum absolute atomic E-state index is 12.8. The summed E-state index contributed by atoms with van der Waals surface area (Å²) in [6.45, 7) is -0.0272. The van der Waals surface area contributed by atoms with Gasteiger partial charge in [0.1, 0.15) is 18.2 Å². The second-order valence-electron chi connectivity index (χ2n) is 2.38. The minimum atomic E-state index is -0.587. The molecule has 1 aromatic carbocycles. The lowest BCUT2D eigenvalue weighted by atomic mass is 10.3. The summed E-state index contributed by atoms with van der Waals surface area (Å²) in [7, 11) is 0. The summed E-state index contributed by atoms with van der Waals surface area (Å²) in [5.41, 5.74) is 5.59. The fraction of sp³-hybridized carbons (Fsp3) is 0.250. The molecule has 0 heterocycles. The predicted octanol–water partition coefficient (Wildman–Crippen LogP) is 1.43. The van der Waals surface area contributed by atoms with E-state index >= 15 is 0 Å². The van der Waals surface area contributed by atoms with Crippen LogP contribution in [0.2, 0.25) is 5.02 Å². The molecule has 0 amide bonds. The van der Waals surface area contributed by atoms with Crippen LogP contribution in [0.4, 0.5) is 10.1 Å². The second-order valence-corrected chi connectivity index (χ2v) is 2.78. The van der Waals surface area contributed by atoms with E-state index in [1.54, 1.807) is 0 Å². The highest BCUT2D eigenvalue weighted by molar-refractivity contribution is 6.31. The molecule has 5 heteroatoms. The average Bonchev–Trinajstić information content (AvgIpc) is 2.09. The Labute approximate surface area is 79.9 Å². The van der Waals surface area contributed by atoms with Crippen molar-refractivity contribution in [2.45, 2.75) is 0 Å². The topological polar surface area (TPSA) is 55.5 Å². The van der Waals surface area contributed by atoms with Crippen LogP contribution in [-0.2, 0) is 0 Å². The number of nitrogens with two attached hydrogens (primary N) is 1. The lowest BCUT2D eigenvalue weighted by Gasteiger charge is -2.07. The number of aliphatic hydroxyl groups is 1. The Morgan fingerprint density at radius 3 is 2.85 bits per heavy atom. The minimum Gasteiger partial charge on any atom is -0.489 e. The third-order valence-corrected chi connectivity index (χ3v) is 1.69. The number of anilines is 1. The molecule has 0 unspecified atom stereocenters. The molecule has 0 atom stereocenters. The lowest BCUT2D eigenvalue weighted by molar-refractivity contribution is 0.202. The molecular formula is C8H9ClFNO2. The Balaban J connectivity index is 2.88. The van der Waals surface area contributed by atoms with Gasteiger partial charge in [0, 0.05) is 12.1 Å². The van der Waals surface area contributed by atoms with Gasteiger partial charge in [0.2, 0.25) is 0 Å². The van der Waals surface area contributed by atoms with E-state index in [1.165, 1.54) is 6.07 Å². The van der Waals surface area contributed by atoms with E-state index in [2.05, 4.69) is 0 Å². The van der Waals surface area contributed by atoms with Crippen molar-refractivity contribution in [2.24, 2.45) is 0 Å². The van der Waals surface area contributed by atoms with Gasteiger partial charge in [-0.25, -0.2) is 4.39 Å². The van der Waals surface area contributed by atoms with Crippen molar-refractivity contribution in [3.63, 3.8) is 0 Å². The van der Waals surface area contributed by atoms with Gasteiger partial charge in [-0.1, -0.05) is 11.6 Å². The van der Waals surface area contributed by atoms with Gasteiger partial charge in [0.05, 0.1) is 17.3 Å². The zero-order chi connectivity index (χ0) is 9.84. The molecule has 0 aliphatic heterocycles. The van der Waals surface area contributed by atoms with E-state index in [0.29, 0.717) is 0 Å². The van der Waals surface area contributed by atoms with Crippen LogP contribution >= 0.6 is 11.6 Å². The molecule has 3 nitrogen and oxygen atoms in total. The van der Waals surface area contributed by atoms with Gasteiger partial charge < -0.3 is 15.6 Å². The van der Waals surface area contributed by atoms with Crippen molar-refractivity contribution in [2.75, 3.05) is 18.9 Å². The first-order valence-electron chi connectivity index (χ1n) is 3.63. The number of rotatable bonds is 3. The molecule has 0 spiro atoms. The molecule has 0 saturated heterocycles. The third kappa shape index (κ3) is 2.47. The predicted molar refractivity (Wildman–Crippen MR) is 48.4 cm³/mol. The SMILES string of the molecule is Nc1cc(F)c(Cl)cc1OCCO. The number of aliphatic hydroxyl groups excluding tert-OH is 1. The van der Waals surface area contributed by atoms with Crippen LogP contribution in [0.15, 0.2) is 12.1 Å². The van der Waals surface area contributed by atoms with Crippen LogP contribution < -0.4 is 10.5 Å². The smallest absolute Gasteiger partial charge is 0.144 e. The molecule has 3 N–H and O–H groups in total. The maximum Gasteiger partial charge on any atom is 0.144 e. The Hall–Kier alpha value is -1.00. The van der Waals surface area contributed by atoms with Gasteiger partial charge in [-0.15, -0.1) is 0 Å². The number of ether oxygens (including phenoxy) is 1. The molecule has 1 aromatic rings. The largest absolute Gasteiger partial charge is 0.489 e. The van der Waals surface area contributed by atoms with Crippen LogP contribution in [-0.4, -0.2) is 18.3 Å². The monoisotopic (exact) mass is 205 g/mol. The summed E-state index contributed by atoms with van der Waals surface area (Å²) >= 11 is 5.49. The zero-order valence-corrected chi connectivity index (χ0v) is 7.51. The molecule has 0 bridgehead atoms. The standard InChI is InChI=1S/C8H9ClFNO2/c9-5-3-8(13-2-1-12)7(11)4-6(5)10/h3-4,12H,1-2,11H2. The van der Waals surface area contributed by atoms with Crippen LogP contribution in [0, 0.1) is 5.82 Å². The minimum absolute atomic E-state index is 0.0536. The number of hydrogen-bond donors (Lipinski definition) is 2. The summed E-state index contributed by atoms with van der Waals surface area (Å²) < 4.78 is 17.8. The highest BCUT2D eigenvalue weighted by atomic mass is 35.5.